The molecule has 1 saturated heterocycles. The Morgan fingerprint density at radius 2 is 1.47 bits per heavy atom. The van der Waals surface area contributed by atoms with Crippen molar-refractivity contribution in [3.8, 4) is 17.2 Å². The standard InChI is InChI=1S/C70H89N7O17/c1-10-35-76-42-60(80)75(7)54(38-45(2)3)67(87)74(6)36-16-15-24-62(83)93-44-70(4,5)64(84)68(88)77-37-17-14-23-53(77)69(89)94-55(31-27-47-28-32-56(90-8)57(40-47)91-9)49-21-18-22-50(41-49)71-58(78)33-34-59(79)73-63(48-19-12-11-13-20-48)65(85)72-52(66(76)86)39-46-25-29-51(30-26-46)92-43-61(81)82/h11-13,15,18-22,24-26,28-30,32,40-41,45,52-55,63H,10,14,16-17,23,27,31,33-39,42-44H2,1-9H3,(H,71,78)(H,72,85)(H,73,79)(H,81,82)/b24-15+/t52-,53-,54-,55+,63-/m0/s1. The number of hydrogen-bond donors (Lipinski definition) is 4. The number of aryl methyl sites for hydroxylation is 1. The minimum absolute atomic E-state index is 0.0506. The molecule has 0 unspecified atom stereocenters. The predicted molar refractivity (Wildman–Crippen MR) is 347 cm³/mol. The van der Waals surface area contributed by atoms with E-state index in [2.05, 4.69) is 16.0 Å². The van der Waals surface area contributed by atoms with Gasteiger partial charge in [-0.1, -0.05) is 87.5 Å². The summed E-state index contributed by atoms with van der Waals surface area (Å²) in [5.74, 6) is -7.21. The number of piperidine rings is 1. The van der Waals surface area contributed by atoms with Crippen molar-refractivity contribution in [2.24, 2.45) is 11.3 Å². The van der Waals surface area contributed by atoms with Crippen LogP contribution in [0.25, 0.3) is 0 Å². The number of anilines is 1. The molecule has 0 radical (unpaired) electrons. The number of benzene rings is 4. The van der Waals surface area contributed by atoms with Gasteiger partial charge in [-0.25, -0.2) is 14.4 Å². The zero-order chi connectivity index (χ0) is 68.6. The molecule has 24 nitrogen and oxygen atoms in total. The van der Waals surface area contributed by atoms with Crippen LogP contribution >= 0.6 is 0 Å². The number of carbonyl (C=O) groups excluding carboxylic acids is 10. The van der Waals surface area contributed by atoms with E-state index in [1.165, 1.54) is 72.9 Å². The Balaban J connectivity index is 1.34. The summed E-state index contributed by atoms with van der Waals surface area (Å²) in [6.45, 7) is 7.16. The highest BCUT2D eigenvalue weighted by atomic mass is 16.5. The molecule has 4 aromatic carbocycles. The number of amides is 7. The van der Waals surface area contributed by atoms with Crippen molar-refractivity contribution in [3.05, 3.63) is 131 Å². The first-order chi connectivity index (χ1) is 44.8. The van der Waals surface area contributed by atoms with Crippen LogP contribution in [-0.2, 0) is 75.1 Å². The van der Waals surface area contributed by atoms with Gasteiger partial charge in [0.1, 0.15) is 42.6 Å². The first-order valence-corrected chi connectivity index (χ1v) is 31.7. The average Bonchev–Trinajstić information content (AvgIpc) is 0.847. The lowest BCUT2D eigenvalue weighted by molar-refractivity contribution is -0.165. The summed E-state index contributed by atoms with van der Waals surface area (Å²) in [5.41, 5.74) is 0.886. The number of ketones is 1. The summed E-state index contributed by atoms with van der Waals surface area (Å²) >= 11 is 0. The maximum absolute atomic E-state index is 15.1. The lowest BCUT2D eigenvalue weighted by Gasteiger charge is -2.36. The number of Topliss-reactive ketones (excluding diaryl/α,β-unsaturated/α-hetero) is 1. The molecule has 4 N–H and O–H groups in total. The summed E-state index contributed by atoms with van der Waals surface area (Å²) in [5, 5.41) is 17.6. The monoisotopic (exact) mass is 1300 g/mol. The molecule has 506 valence electrons. The number of aliphatic carboxylic acids is 1. The zero-order valence-corrected chi connectivity index (χ0v) is 55.1. The number of nitrogens with zero attached hydrogens (tertiary/aromatic N) is 4. The second-order valence-electron chi connectivity index (χ2n) is 24.5. The number of fused-ring (bicyclic) bond motifs is 3. The van der Waals surface area contributed by atoms with Crippen molar-refractivity contribution in [3.63, 3.8) is 0 Å². The van der Waals surface area contributed by atoms with E-state index in [0.29, 0.717) is 59.6 Å². The van der Waals surface area contributed by atoms with Crippen LogP contribution in [-0.4, -0.2) is 176 Å². The maximum Gasteiger partial charge on any atom is 0.341 e. The molecule has 0 aliphatic carbocycles. The molecule has 0 spiro atoms. The number of cyclic esters (lactones) is 2. The number of carboxylic acids is 1. The average molecular weight is 1300 g/mol. The Hall–Kier alpha value is -9.61. The number of carbonyl (C=O) groups is 11. The minimum atomic E-state index is -1.53. The first kappa shape index (κ1) is 73.4. The van der Waals surface area contributed by atoms with Crippen molar-refractivity contribution in [1.82, 2.24) is 30.2 Å². The van der Waals surface area contributed by atoms with E-state index in [4.69, 9.17) is 23.7 Å². The molecular weight excluding hydrogens is 1210 g/mol. The first-order valence-electron chi connectivity index (χ1n) is 31.7. The zero-order valence-electron chi connectivity index (χ0n) is 55.1. The molecule has 2 aliphatic rings. The van der Waals surface area contributed by atoms with Crippen LogP contribution in [0.15, 0.2) is 109 Å². The Labute approximate surface area is 549 Å². The molecule has 6 rings (SSSR count). The molecular formula is C70H89N7O17. The van der Waals surface area contributed by atoms with E-state index >= 15 is 4.79 Å². The molecule has 7 amide bonds. The number of carboxylic acid groups (broad SMARTS) is 1. The molecule has 2 bridgehead atoms. The second-order valence-corrected chi connectivity index (χ2v) is 24.5. The summed E-state index contributed by atoms with van der Waals surface area (Å²) in [4.78, 5) is 159. The molecule has 0 aromatic heterocycles. The Morgan fingerprint density at radius 1 is 0.777 bits per heavy atom. The number of methoxy groups -OCH3 is 2. The van der Waals surface area contributed by atoms with Gasteiger partial charge in [-0.2, -0.15) is 0 Å². The van der Waals surface area contributed by atoms with Gasteiger partial charge in [-0.15, -0.1) is 0 Å². The molecule has 2 aliphatic heterocycles. The van der Waals surface area contributed by atoms with Gasteiger partial charge in [0.25, 0.3) is 5.91 Å². The van der Waals surface area contributed by atoms with Gasteiger partial charge in [-0.3, -0.25) is 38.4 Å². The van der Waals surface area contributed by atoms with E-state index in [0.717, 1.165) is 11.6 Å². The number of hydrogen-bond acceptors (Lipinski definition) is 16. The SMILES string of the molecule is CCCN1CC(=O)N(C)[C@@H](CC(C)C)C(=O)N(C)CC/C=C/C(=O)OCC(C)(C)C(=O)C(=O)N2CCCC[C@H]2C(=O)O[C@H](CCc2ccc(OC)c(OC)c2)c2cccc(c2)NC(=O)CCC(=O)N[C@@H](c2ccccc2)C(=O)N[C@@H](Cc2ccc(OCC(=O)O)cc2)C1=O. The maximum atomic E-state index is 15.1. The largest absolute Gasteiger partial charge is 0.493 e. The summed E-state index contributed by atoms with van der Waals surface area (Å²) in [7, 11) is 6.06. The normalized spacial score (nSPS) is 21.3. The smallest absolute Gasteiger partial charge is 0.341 e. The number of esters is 2. The van der Waals surface area contributed by atoms with Crippen LogP contribution in [0, 0.1) is 11.3 Å². The fourth-order valence-corrected chi connectivity index (χ4v) is 10.9. The third-order valence-corrected chi connectivity index (χ3v) is 16.2. The van der Waals surface area contributed by atoms with E-state index in [1.54, 1.807) is 92.8 Å². The van der Waals surface area contributed by atoms with E-state index in [-0.39, 0.29) is 69.8 Å². The Morgan fingerprint density at radius 3 is 2.15 bits per heavy atom. The number of ether oxygens (including phenoxy) is 5. The van der Waals surface area contributed by atoms with Crippen molar-refractivity contribution < 1.29 is 81.5 Å². The fraction of sp³-hybridized carbons (Fsp3) is 0.471. The summed E-state index contributed by atoms with van der Waals surface area (Å²) in [6, 6.07) is 21.5. The number of rotatable bonds is 15. The van der Waals surface area contributed by atoms with E-state index in [9.17, 15) is 53.1 Å². The van der Waals surface area contributed by atoms with E-state index in [1.807, 2.05) is 19.9 Å². The topological polar surface area (TPSA) is 303 Å². The van der Waals surface area contributed by atoms with Gasteiger partial charge in [0.05, 0.1) is 26.2 Å². The number of nitrogens with one attached hydrogen (secondary N) is 3. The van der Waals surface area contributed by atoms with Crippen LogP contribution in [0.3, 0.4) is 0 Å². The van der Waals surface area contributed by atoms with Crippen molar-refractivity contribution in [2.75, 3.05) is 73.0 Å². The van der Waals surface area contributed by atoms with Gasteiger partial charge in [0.2, 0.25) is 41.2 Å². The predicted octanol–water partition coefficient (Wildman–Crippen LogP) is 6.74. The quantitative estimate of drug-likeness (QED) is 0.0707. The van der Waals surface area contributed by atoms with Gasteiger partial charge in [0.15, 0.2) is 18.1 Å². The van der Waals surface area contributed by atoms with Gasteiger partial charge in [-0.05, 0) is 130 Å². The lowest BCUT2D eigenvalue weighted by atomic mass is 9.87. The summed E-state index contributed by atoms with van der Waals surface area (Å²) in [6.07, 6.45) is 3.36. The van der Waals surface area contributed by atoms with Crippen LogP contribution < -0.4 is 30.2 Å². The second kappa shape index (κ2) is 35.4. The molecule has 4 aromatic rings. The van der Waals surface area contributed by atoms with Crippen LogP contribution in [0.1, 0.15) is 127 Å². The minimum Gasteiger partial charge on any atom is -0.493 e. The van der Waals surface area contributed by atoms with Crippen LogP contribution in [0.4, 0.5) is 5.69 Å². The molecule has 0 saturated carbocycles. The Kier molecular flexibility index (Phi) is 27.7. The molecule has 94 heavy (non-hydrogen) atoms. The van der Waals surface area contributed by atoms with E-state index < -0.39 is 127 Å². The van der Waals surface area contributed by atoms with Gasteiger partial charge < -0.3 is 64.3 Å². The molecule has 5 atom stereocenters. The van der Waals surface area contributed by atoms with Crippen LogP contribution in [0.5, 0.6) is 17.2 Å². The Bertz CT molecular complexity index is 3350. The highest BCUT2D eigenvalue weighted by molar-refractivity contribution is 6.38. The molecule has 2 heterocycles. The lowest BCUT2D eigenvalue weighted by Crippen LogP contribution is -2.56. The molecule has 1 fully saturated rings. The van der Waals surface area contributed by atoms with Gasteiger partial charge in [0, 0.05) is 64.8 Å². The van der Waals surface area contributed by atoms with Crippen molar-refractivity contribution in [2.45, 2.75) is 136 Å². The summed E-state index contributed by atoms with van der Waals surface area (Å²) < 4.78 is 28.1. The van der Waals surface area contributed by atoms with Crippen molar-refractivity contribution in [1.29, 1.82) is 0 Å². The highest BCUT2D eigenvalue weighted by Crippen LogP contribution is 2.33. The number of likely N-dealkylation sites (N-methyl/N-ethyl adjacent to an activating group) is 2. The molecule has 24 heteroatoms. The third kappa shape index (κ3) is 21.5. The third-order valence-electron chi connectivity index (χ3n) is 16.2. The van der Waals surface area contributed by atoms with Crippen LogP contribution in [0.2, 0.25) is 0 Å². The van der Waals surface area contributed by atoms with Gasteiger partial charge >= 0.3 is 17.9 Å². The highest BCUT2D eigenvalue weighted by Gasteiger charge is 2.43. The fourth-order valence-electron chi connectivity index (χ4n) is 10.9. The van der Waals surface area contributed by atoms with Crippen molar-refractivity contribution >= 4 is 70.7 Å².